The van der Waals surface area contributed by atoms with Crippen LogP contribution in [0.4, 0.5) is 14.4 Å². The number of carboxylic acids is 1. The molecule has 0 saturated carbocycles. The highest BCUT2D eigenvalue weighted by molar-refractivity contribution is 14.1. The number of carbonyl (C=O) groups is 6. The Morgan fingerprint density at radius 3 is 1.39 bits per heavy atom. The summed E-state index contributed by atoms with van der Waals surface area (Å²) < 4.78 is 27.8. The molecule has 4 aromatic rings. The highest BCUT2D eigenvalue weighted by atomic mass is 127. The van der Waals surface area contributed by atoms with Crippen molar-refractivity contribution in [1.82, 2.24) is 30.9 Å². The number of hydrogen-bond donors (Lipinski definition) is 4. The van der Waals surface area contributed by atoms with Gasteiger partial charge in [-0.2, -0.15) is 0 Å². The number of aliphatic carboxylic acids is 1. The zero-order chi connectivity index (χ0) is 53.4. The number of aromatic nitrogens is 3. The highest BCUT2D eigenvalue weighted by Crippen LogP contribution is 2.23. The molecule has 0 bridgehead atoms. The summed E-state index contributed by atoms with van der Waals surface area (Å²) in [5.41, 5.74) is 2.50. The average molecular weight is 1330 g/mol. The number of aryl methyl sites for hydroxylation is 1. The number of carbonyl (C=O) groups excluding carboxylic acids is 5. The molecule has 0 radical (unpaired) electrons. The molecule has 18 nitrogen and oxygen atoms in total. The number of amides is 3. The average Bonchev–Trinajstić information content (AvgIpc) is 3.25. The van der Waals surface area contributed by atoms with Crippen molar-refractivity contribution in [2.45, 2.75) is 117 Å². The maximum Gasteiger partial charge on any atom is 0.408 e. The molecule has 4 N–H and O–H groups in total. The SMILES string of the molecule is Brc1ccc(I)nc1.COC(=O)[C@H](CI)NC(=O)OC(C)(C)C.COC(=O)[C@H](Cc1ccc(Br)cn1)NC(=O)OC(C)(C)C.Cc1ccccc1-c1ccc(C[C@H](NC(=O)OC(C)(C)C)C(=O)O)nc1. The van der Waals surface area contributed by atoms with E-state index in [-0.39, 0.29) is 12.8 Å². The van der Waals surface area contributed by atoms with Gasteiger partial charge in [-0.3, -0.25) is 9.97 Å². The van der Waals surface area contributed by atoms with E-state index < -0.39 is 71.1 Å². The molecule has 0 fully saturated rings. The topological polar surface area (TPSA) is 244 Å². The lowest BCUT2D eigenvalue weighted by molar-refractivity contribution is -0.143. The minimum absolute atomic E-state index is 0.0721. The fourth-order valence-electron chi connectivity index (χ4n) is 5.09. The molecule has 0 spiro atoms. The lowest BCUT2D eigenvalue weighted by atomic mass is 10.0. The first-order valence-corrected chi connectivity index (χ1v) is 25.5. The molecule has 70 heavy (non-hydrogen) atoms. The van der Waals surface area contributed by atoms with Gasteiger partial charge in [-0.05, 0) is 165 Å². The van der Waals surface area contributed by atoms with Crippen LogP contribution in [0.1, 0.15) is 79.3 Å². The van der Waals surface area contributed by atoms with Crippen LogP contribution in [-0.2, 0) is 50.9 Å². The maximum atomic E-state index is 11.8. The molecular formula is C48H62Br2I2N6O12. The smallest absolute Gasteiger partial charge is 0.408 e. The Morgan fingerprint density at radius 1 is 0.600 bits per heavy atom. The Morgan fingerprint density at radius 2 is 1.01 bits per heavy atom. The van der Waals surface area contributed by atoms with Gasteiger partial charge in [0.25, 0.3) is 0 Å². The Balaban J connectivity index is 0.000000499. The van der Waals surface area contributed by atoms with E-state index in [9.17, 15) is 33.9 Å². The molecule has 3 aromatic heterocycles. The van der Waals surface area contributed by atoms with Gasteiger partial charge in [0.15, 0.2) is 0 Å². The van der Waals surface area contributed by atoms with Gasteiger partial charge in [0.2, 0.25) is 0 Å². The first-order chi connectivity index (χ1) is 32.4. The molecule has 0 saturated heterocycles. The quantitative estimate of drug-likeness (QED) is 0.0339. The molecule has 0 unspecified atom stereocenters. The van der Waals surface area contributed by atoms with Gasteiger partial charge in [-0.1, -0.05) is 52.9 Å². The van der Waals surface area contributed by atoms with Crippen molar-refractivity contribution in [3.05, 3.63) is 109 Å². The summed E-state index contributed by atoms with van der Waals surface area (Å²) in [7, 11) is 2.54. The number of halogens is 4. The number of rotatable bonds is 12. The van der Waals surface area contributed by atoms with Gasteiger partial charge in [-0.15, -0.1) is 0 Å². The number of esters is 2. The van der Waals surface area contributed by atoms with E-state index in [1.807, 2.05) is 78.0 Å². The van der Waals surface area contributed by atoms with Gasteiger partial charge >= 0.3 is 36.2 Å². The first-order valence-electron chi connectivity index (χ1n) is 21.3. The summed E-state index contributed by atoms with van der Waals surface area (Å²) in [6.07, 6.45) is 3.36. The molecule has 3 atom stereocenters. The van der Waals surface area contributed by atoms with Crippen LogP contribution in [0.2, 0.25) is 0 Å². The first kappa shape index (κ1) is 63.3. The molecule has 0 aliphatic carbocycles. The standard InChI is InChI=1S/C20H24N2O4.C14H19BrN2O4.C9H16INO4.C5H3BrIN/c1-13-7-5-6-8-16(13)14-9-10-15(21-12-14)11-17(18(23)24)22-19(25)26-20(2,3)4;1-14(2,3)21-13(19)17-11(12(18)20-4)7-10-6-5-9(15)8-16-10;1-9(2,3)15-8(13)11-6(5-10)7(12)14-4;6-4-1-2-5(7)8-3-4/h5-10,12,17H,11H2,1-4H3,(H,22,25)(H,23,24);5-6,8,11H,7H2,1-4H3,(H,17,19);6H,5H2,1-4H3,(H,11,13);1-3H/t17-;11-;6-;/m000./s1. The number of nitrogens with zero attached hydrogens (tertiary/aromatic N) is 3. The van der Waals surface area contributed by atoms with Crippen LogP contribution in [0.5, 0.6) is 0 Å². The predicted octanol–water partition coefficient (Wildman–Crippen LogP) is 9.97. The number of methoxy groups -OCH3 is 2. The summed E-state index contributed by atoms with van der Waals surface area (Å²) in [6.45, 7) is 17.7. The van der Waals surface area contributed by atoms with E-state index in [0.29, 0.717) is 15.8 Å². The molecule has 0 aliphatic heterocycles. The second-order valence-electron chi connectivity index (χ2n) is 17.7. The molecule has 3 amide bonds. The minimum Gasteiger partial charge on any atom is -0.480 e. The monoisotopic (exact) mass is 1330 g/mol. The van der Waals surface area contributed by atoms with Crippen molar-refractivity contribution >= 4 is 113 Å². The second-order valence-corrected chi connectivity index (χ2v) is 21.5. The number of carboxylic acid groups (broad SMARTS) is 1. The van der Waals surface area contributed by atoms with E-state index in [4.69, 9.17) is 18.9 Å². The number of alkyl halides is 1. The number of ether oxygens (including phenoxy) is 5. The van der Waals surface area contributed by atoms with Gasteiger partial charge in [0.1, 0.15) is 38.6 Å². The minimum atomic E-state index is -1.14. The van der Waals surface area contributed by atoms with Crippen molar-refractivity contribution in [3.63, 3.8) is 0 Å². The number of alkyl carbamates (subject to hydrolysis) is 3. The summed E-state index contributed by atoms with van der Waals surface area (Å²) in [4.78, 5) is 81.8. The van der Waals surface area contributed by atoms with E-state index in [0.717, 1.165) is 29.3 Å². The lowest BCUT2D eigenvalue weighted by Crippen LogP contribution is -2.45. The normalized spacial score (nSPS) is 12.1. The van der Waals surface area contributed by atoms with Crippen molar-refractivity contribution in [2.75, 3.05) is 18.6 Å². The van der Waals surface area contributed by atoms with Crippen LogP contribution in [0, 0.1) is 10.6 Å². The van der Waals surface area contributed by atoms with E-state index in [1.165, 1.54) is 14.2 Å². The molecule has 0 aliphatic rings. The Hall–Kier alpha value is -4.69. The number of benzene rings is 1. The van der Waals surface area contributed by atoms with Crippen LogP contribution < -0.4 is 16.0 Å². The summed E-state index contributed by atoms with van der Waals surface area (Å²) in [5, 5.41) is 16.7. The predicted molar refractivity (Wildman–Crippen MR) is 288 cm³/mol. The van der Waals surface area contributed by atoms with Crippen LogP contribution >= 0.6 is 77.0 Å². The fourth-order valence-corrected chi connectivity index (χ4v) is 6.46. The summed E-state index contributed by atoms with van der Waals surface area (Å²) in [6, 6.07) is 16.5. The lowest BCUT2D eigenvalue weighted by Gasteiger charge is -2.22. The molecule has 4 rings (SSSR count). The van der Waals surface area contributed by atoms with Gasteiger partial charge in [0.05, 0.1) is 14.2 Å². The van der Waals surface area contributed by atoms with Crippen LogP contribution in [0.25, 0.3) is 11.1 Å². The van der Waals surface area contributed by atoms with Crippen LogP contribution in [0.3, 0.4) is 0 Å². The summed E-state index contributed by atoms with van der Waals surface area (Å²) >= 11 is 10.7. The van der Waals surface area contributed by atoms with E-state index >= 15 is 0 Å². The third-order valence-corrected chi connectivity index (χ3v) is 10.5. The fraction of sp³-hybridized carbons (Fsp3) is 0.438. The Kier molecular flexibility index (Phi) is 28.0. The summed E-state index contributed by atoms with van der Waals surface area (Å²) in [5.74, 6) is -2.17. The van der Waals surface area contributed by atoms with Gasteiger partial charge in [-0.25, -0.2) is 33.8 Å². The molecule has 3 heterocycles. The second kappa shape index (κ2) is 30.9. The van der Waals surface area contributed by atoms with Crippen molar-refractivity contribution in [2.24, 2.45) is 0 Å². The Bertz CT molecular complexity index is 2270. The van der Waals surface area contributed by atoms with Crippen molar-refractivity contribution < 1.29 is 57.6 Å². The highest BCUT2D eigenvalue weighted by Gasteiger charge is 2.27. The van der Waals surface area contributed by atoms with Gasteiger partial charge < -0.3 is 44.7 Å². The largest absolute Gasteiger partial charge is 0.480 e. The molecule has 1 aromatic carbocycles. The Labute approximate surface area is 453 Å². The number of nitrogens with one attached hydrogen (secondary N) is 3. The molecular weight excluding hydrogens is 1270 g/mol. The molecule has 384 valence electrons. The zero-order valence-corrected chi connectivity index (χ0v) is 48.6. The van der Waals surface area contributed by atoms with Crippen LogP contribution in [0.15, 0.2) is 88.2 Å². The third-order valence-electron chi connectivity index (χ3n) is 8.08. The number of pyridine rings is 3. The van der Waals surface area contributed by atoms with Crippen LogP contribution in [-0.4, -0.2) is 110 Å². The van der Waals surface area contributed by atoms with Crippen molar-refractivity contribution in [1.29, 1.82) is 0 Å². The van der Waals surface area contributed by atoms with E-state index in [1.54, 1.807) is 93.0 Å². The van der Waals surface area contributed by atoms with Gasteiger partial charge in [0, 0.05) is 61.8 Å². The number of hydrogen-bond acceptors (Lipinski definition) is 14. The third kappa shape index (κ3) is 28.2. The van der Waals surface area contributed by atoms with E-state index in [2.05, 4.69) is 90.1 Å². The maximum absolute atomic E-state index is 11.8. The van der Waals surface area contributed by atoms with Crippen molar-refractivity contribution in [3.8, 4) is 11.1 Å². The zero-order valence-electron chi connectivity index (χ0n) is 41.2. The molecule has 22 heteroatoms.